The Bertz CT molecular complexity index is 1000. The number of ether oxygens (including phenoxy) is 3. The number of carbonyl (C=O) groups excluding carboxylic acids is 1. The topological polar surface area (TPSA) is 107 Å². The molecule has 4 atom stereocenters. The summed E-state index contributed by atoms with van der Waals surface area (Å²) in [6.45, 7) is 6.44. The van der Waals surface area contributed by atoms with E-state index in [2.05, 4.69) is 43.9 Å². The van der Waals surface area contributed by atoms with Crippen LogP contribution < -0.4 is 5.32 Å². The van der Waals surface area contributed by atoms with E-state index in [0.717, 1.165) is 25.2 Å². The first kappa shape index (κ1) is 21.9. The zero-order chi connectivity index (χ0) is 22.9. The fraction of sp³-hybridized carbons (Fsp3) is 0.652. The van der Waals surface area contributed by atoms with Crippen molar-refractivity contribution in [1.82, 2.24) is 35.3 Å². The molecule has 2 amide bonds. The van der Waals surface area contributed by atoms with Crippen molar-refractivity contribution in [3.05, 3.63) is 29.8 Å². The van der Waals surface area contributed by atoms with Crippen molar-refractivity contribution in [2.45, 2.75) is 43.7 Å². The molecule has 11 heteroatoms. The summed E-state index contributed by atoms with van der Waals surface area (Å²) in [5, 5.41) is 15.7. The Morgan fingerprint density at radius 1 is 1.06 bits per heavy atom. The highest BCUT2D eigenvalue weighted by Gasteiger charge is 2.50. The van der Waals surface area contributed by atoms with Crippen molar-refractivity contribution in [3.8, 4) is 11.4 Å². The van der Waals surface area contributed by atoms with Gasteiger partial charge in [0.1, 0.15) is 18.2 Å². The van der Waals surface area contributed by atoms with Crippen LogP contribution in [0.3, 0.4) is 0 Å². The van der Waals surface area contributed by atoms with Crippen molar-refractivity contribution >= 4 is 6.03 Å². The quantitative estimate of drug-likeness (QED) is 0.682. The van der Waals surface area contributed by atoms with Crippen LogP contribution in [0, 0.1) is 0 Å². The number of likely N-dealkylation sites (tertiary alicyclic amines) is 1. The van der Waals surface area contributed by atoms with Gasteiger partial charge in [0.2, 0.25) is 0 Å². The molecule has 4 aliphatic rings. The molecule has 0 saturated carbocycles. The number of aromatic nitrogens is 4. The summed E-state index contributed by atoms with van der Waals surface area (Å²) in [7, 11) is 0. The summed E-state index contributed by atoms with van der Waals surface area (Å²) in [6.07, 6.45) is 2.10. The van der Waals surface area contributed by atoms with Gasteiger partial charge in [0.05, 0.1) is 32.5 Å². The minimum Gasteiger partial charge on any atom is -0.378 e. The van der Waals surface area contributed by atoms with Crippen molar-refractivity contribution < 1.29 is 19.0 Å². The molecule has 0 spiro atoms. The zero-order valence-corrected chi connectivity index (χ0v) is 19.2. The third-order valence-corrected chi connectivity index (χ3v) is 7.23. The second-order valence-corrected chi connectivity index (χ2v) is 9.45. The van der Waals surface area contributed by atoms with Gasteiger partial charge in [-0.15, -0.1) is 5.10 Å². The molecule has 1 aromatic carbocycles. The summed E-state index contributed by atoms with van der Waals surface area (Å²) in [6, 6.07) is 8.00. The molecule has 0 unspecified atom stereocenters. The zero-order valence-electron chi connectivity index (χ0n) is 19.2. The van der Waals surface area contributed by atoms with Crippen LogP contribution in [0.2, 0.25) is 0 Å². The van der Waals surface area contributed by atoms with Crippen LogP contribution in [0.1, 0.15) is 24.4 Å². The van der Waals surface area contributed by atoms with E-state index in [0.29, 0.717) is 45.3 Å². The van der Waals surface area contributed by atoms with Crippen LogP contribution in [0.4, 0.5) is 4.79 Å². The van der Waals surface area contributed by atoms with E-state index >= 15 is 0 Å². The molecular formula is C23H31N7O4. The molecule has 0 bridgehead atoms. The predicted molar refractivity (Wildman–Crippen MR) is 121 cm³/mol. The lowest BCUT2D eigenvalue weighted by atomic mass is 10.1. The van der Waals surface area contributed by atoms with Crippen molar-refractivity contribution in [2.75, 3.05) is 52.6 Å². The first-order valence-corrected chi connectivity index (χ1v) is 12.2. The van der Waals surface area contributed by atoms with E-state index in [1.807, 2.05) is 10.7 Å². The minimum atomic E-state index is -0.228. The number of nitrogens with one attached hydrogen (secondary N) is 1. The molecule has 5 heterocycles. The maximum absolute atomic E-state index is 12.7. The van der Waals surface area contributed by atoms with E-state index in [9.17, 15) is 4.79 Å². The average molecular weight is 470 g/mol. The van der Waals surface area contributed by atoms with Gasteiger partial charge in [-0.2, -0.15) is 0 Å². The number of morpholine rings is 1. The van der Waals surface area contributed by atoms with Gasteiger partial charge in [0.25, 0.3) is 0 Å². The van der Waals surface area contributed by atoms with Gasteiger partial charge in [-0.1, -0.05) is 18.2 Å². The molecule has 0 aliphatic carbocycles. The Balaban J connectivity index is 1.15. The summed E-state index contributed by atoms with van der Waals surface area (Å²) in [5.74, 6) is 0.710. The van der Waals surface area contributed by atoms with E-state index < -0.39 is 0 Å². The van der Waals surface area contributed by atoms with Crippen LogP contribution in [0.5, 0.6) is 0 Å². The Hall–Kier alpha value is -2.60. The number of benzene rings is 1. The molecule has 4 fully saturated rings. The predicted octanol–water partition coefficient (Wildman–Crippen LogP) is 0.685. The standard InChI is InChI=1S/C23H31N7O4/c31-23(29-8-10-32-11-9-29)24-18-14-33-21-19(15-34-20(18)21)30-22(25-26-27-30)17-5-3-4-16(12-17)13-28-6-1-2-7-28/h3-5,12,18-21H,1-2,6-11,13-15H2,(H,24,31)/t18-,19+,20-,21+/m0/s1. The number of tetrazole rings is 1. The van der Waals surface area contributed by atoms with Gasteiger partial charge in [-0.25, -0.2) is 9.48 Å². The molecule has 2 aromatic rings. The number of hydrogen-bond donors (Lipinski definition) is 1. The number of fused-ring (bicyclic) bond motifs is 1. The molecule has 4 saturated heterocycles. The molecule has 1 N–H and O–H groups in total. The number of hydrogen-bond acceptors (Lipinski definition) is 8. The Kier molecular flexibility index (Phi) is 6.16. The molecule has 4 aliphatic heterocycles. The fourth-order valence-corrected chi connectivity index (χ4v) is 5.44. The van der Waals surface area contributed by atoms with Crippen LogP contribution in [-0.4, -0.2) is 107 Å². The lowest BCUT2D eigenvalue weighted by molar-refractivity contribution is 0.0485. The number of nitrogens with zero attached hydrogens (tertiary/aromatic N) is 6. The highest BCUT2D eigenvalue weighted by Crippen LogP contribution is 2.36. The van der Waals surface area contributed by atoms with Crippen molar-refractivity contribution in [2.24, 2.45) is 0 Å². The molecule has 6 rings (SSSR count). The molecule has 11 nitrogen and oxygen atoms in total. The maximum Gasteiger partial charge on any atom is 0.317 e. The van der Waals surface area contributed by atoms with Gasteiger partial charge in [-0.05, 0) is 48.0 Å². The number of amides is 2. The Morgan fingerprint density at radius 3 is 2.74 bits per heavy atom. The number of rotatable bonds is 5. The summed E-state index contributed by atoms with van der Waals surface area (Å²) >= 11 is 0. The monoisotopic (exact) mass is 469 g/mol. The average Bonchev–Trinajstić information content (AvgIpc) is 3.66. The smallest absolute Gasteiger partial charge is 0.317 e. The van der Waals surface area contributed by atoms with Gasteiger partial charge in [0.15, 0.2) is 5.82 Å². The van der Waals surface area contributed by atoms with Gasteiger partial charge < -0.3 is 24.4 Å². The second-order valence-electron chi connectivity index (χ2n) is 9.45. The third kappa shape index (κ3) is 4.28. The van der Waals surface area contributed by atoms with Crippen molar-refractivity contribution in [3.63, 3.8) is 0 Å². The Morgan fingerprint density at radius 2 is 1.88 bits per heavy atom. The van der Waals surface area contributed by atoms with E-state index in [4.69, 9.17) is 14.2 Å². The lowest BCUT2D eigenvalue weighted by Crippen LogP contribution is -2.52. The first-order valence-electron chi connectivity index (χ1n) is 12.2. The van der Waals surface area contributed by atoms with Crippen LogP contribution in [0.25, 0.3) is 11.4 Å². The minimum absolute atomic E-state index is 0.0949. The summed E-state index contributed by atoms with van der Waals surface area (Å²) in [4.78, 5) is 16.9. The lowest BCUT2D eigenvalue weighted by Gasteiger charge is -2.29. The third-order valence-electron chi connectivity index (χ3n) is 7.23. The fourth-order valence-electron chi connectivity index (χ4n) is 5.44. The van der Waals surface area contributed by atoms with Crippen LogP contribution in [-0.2, 0) is 20.8 Å². The molecular weight excluding hydrogens is 438 g/mol. The van der Waals surface area contributed by atoms with Gasteiger partial charge in [-0.3, -0.25) is 4.90 Å². The van der Waals surface area contributed by atoms with Crippen LogP contribution in [0.15, 0.2) is 24.3 Å². The highest BCUT2D eigenvalue weighted by molar-refractivity contribution is 5.74. The van der Waals surface area contributed by atoms with Gasteiger partial charge in [0, 0.05) is 25.2 Å². The van der Waals surface area contributed by atoms with Crippen molar-refractivity contribution in [1.29, 1.82) is 0 Å². The van der Waals surface area contributed by atoms with E-state index in [-0.39, 0.29) is 30.3 Å². The molecule has 182 valence electrons. The summed E-state index contributed by atoms with van der Waals surface area (Å²) < 4.78 is 19.4. The van der Waals surface area contributed by atoms with E-state index in [1.54, 1.807) is 4.90 Å². The first-order chi connectivity index (χ1) is 16.8. The summed E-state index contributed by atoms with van der Waals surface area (Å²) in [5.41, 5.74) is 2.25. The van der Waals surface area contributed by atoms with E-state index in [1.165, 1.54) is 18.4 Å². The number of urea groups is 1. The SMILES string of the molecule is O=C(N[C@H]1CO[C@H]2[C@H]1OC[C@H]2n1nnnc1-c1cccc(CN2CCCC2)c1)N1CCOCC1. The Labute approximate surface area is 198 Å². The second kappa shape index (κ2) is 9.57. The molecule has 34 heavy (non-hydrogen) atoms. The molecule has 0 radical (unpaired) electrons. The molecule has 1 aromatic heterocycles. The largest absolute Gasteiger partial charge is 0.378 e. The normalized spacial score (nSPS) is 29.5. The highest BCUT2D eigenvalue weighted by atomic mass is 16.6. The maximum atomic E-state index is 12.7. The van der Waals surface area contributed by atoms with Crippen LogP contribution >= 0.6 is 0 Å². The van der Waals surface area contributed by atoms with Gasteiger partial charge >= 0.3 is 6.03 Å². The number of carbonyl (C=O) groups is 1.